The number of hydrogen-bond acceptors (Lipinski definition) is 2. The van der Waals surface area contributed by atoms with Gasteiger partial charge in [0.05, 0.1) is 0 Å². The standard InChI is InChI=1S/C21H33N3O/c1-15-7-6-8-16(11-15)14-24(18-9-10-18)19(25)22-17-12-20(2,3)23-21(4,5)13-17/h6-8,11,17-18,23H,9-10,12-14H2,1-5H3,(H,22,25). The molecule has 2 fully saturated rings. The van der Waals surface area contributed by atoms with Crippen molar-refractivity contribution in [2.24, 2.45) is 0 Å². The highest BCUT2D eigenvalue weighted by atomic mass is 16.2. The first-order valence-electron chi connectivity index (χ1n) is 9.56. The fourth-order valence-corrected chi connectivity index (χ4v) is 4.44. The van der Waals surface area contributed by atoms with Crippen LogP contribution in [0.1, 0.15) is 64.5 Å². The fraction of sp³-hybridized carbons (Fsp3) is 0.667. The normalized spacial score (nSPS) is 22.4. The topological polar surface area (TPSA) is 44.4 Å². The zero-order valence-electron chi connectivity index (χ0n) is 16.4. The van der Waals surface area contributed by atoms with Crippen LogP contribution < -0.4 is 10.6 Å². The third-order valence-electron chi connectivity index (χ3n) is 5.20. The minimum absolute atomic E-state index is 0.0423. The number of amides is 2. The molecular formula is C21H33N3O. The summed E-state index contributed by atoms with van der Waals surface area (Å²) in [4.78, 5) is 15.0. The van der Waals surface area contributed by atoms with E-state index in [0.29, 0.717) is 12.6 Å². The van der Waals surface area contributed by atoms with Crippen LogP contribution in [-0.2, 0) is 6.54 Å². The number of carbonyl (C=O) groups excluding carboxylic acids is 1. The van der Waals surface area contributed by atoms with Crippen LogP contribution in [0.25, 0.3) is 0 Å². The van der Waals surface area contributed by atoms with Gasteiger partial charge in [-0.05, 0) is 65.9 Å². The van der Waals surface area contributed by atoms with E-state index in [9.17, 15) is 4.79 Å². The fourth-order valence-electron chi connectivity index (χ4n) is 4.44. The van der Waals surface area contributed by atoms with Gasteiger partial charge >= 0.3 is 6.03 Å². The summed E-state index contributed by atoms with van der Waals surface area (Å²) in [6, 6.07) is 9.20. The molecule has 1 aliphatic carbocycles. The Kier molecular flexibility index (Phi) is 4.84. The number of nitrogens with zero attached hydrogens (tertiary/aromatic N) is 1. The molecular weight excluding hydrogens is 310 g/mol. The molecule has 0 bridgehead atoms. The van der Waals surface area contributed by atoms with Crippen molar-refractivity contribution in [2.45, 2.75) is 90.0 Å². The minimum Gasteiger partial charge on any atom is -0.335 e. The second-order valence-corrected chi connectivity index (χ2v) is 9.30. The molecule has 2 aliphatic rings. The van der Waals surface area contributed by atoms with Gasteiger partial charge in [0.15, 0.2) is 0 Å². The molecule has 1 saturated carbocycles. The lowest BCUT2D eigenvalue weighted by atomic mass is 9.79. The Morgan fingerprint density at radius 3 is 2.40 bits per heavy atom. The van der Waals surface area contributed by atoms with E-state index < -0.39 is 0 Å². The molecule has 1 saturated heterocycles. The molecule has 3 rings (SSSR count). The van der Waals surface area contributed by atoms with E-state index in [1.807, 2.05) is 4.90 Å². The second kappa shape index (κ2) is 6.64. The minimum atomic E-state index is 0.0423. The zero-order chi connectivity index (χ0) is 18.2. The van der Waals surface area contributed by atoms with Crippen LogP contribution in [0.3, 0.4) is 0 Å². The largest absolute Gasteiger partial charge is 0.335 e. The second-order valence-electron chi connectivity index (χ2n) is 9.30. The maximum atomic E-state index is 13.0. The molecule has 4 nitrogen and oxygen atoms in total. The lowest BCUT2D eigenvalue weighted by Crippen LogP contribution is -2.63. The van der Waals surface area contributed by atoms with Gasteiger partial charge in [0, 0.05) is 29.7 Å². The summed E-state index contributed by atoms with van der Waals surface area (Å²) in [5, 5.41) is 7.01. The van der Waals surface area contributed by atoms with E-state index in [-0.39, 0.29) is 23.2 Å². The van der Waals surface area contributed by atoms with Gasteiger partial charge in [0.2, 0.25) is 0 Å². The summed E-state index contributed by atoms with van der Waals surface area (Å²) in [5.74, 6) is 0. The van der Waals surface area contributed by atoms with Crippen molar-refractivity contribution in [3.63, 3.8) is 0 Å². The number of urea groups is 1. The molecule has 1 heterocycles. The quantitative estimate of drug-likeness (QED) is 0.868. The van der Waals surface area contributed by atoms with E-state index in [1.54, 1.807) is 0 Å². The third-order valence-corrected chi connectivity index (χ3v) is 5.20. The zero-order valence-corrected chi connectivity index (χ0v) is 16.4. The van der Waals surface area contributed by atoms with Gasteiger partial charge in [0.25, 0.3) is 0 Å². The molecule has 2 amide bonds. The van der Waals surface area contributed by atoms with Crippen molar-refractivity contribution >= 4 is 6.03 Å². The lowest BCUT2D eigenvalue weighted by molar-refractivity contribution is 0.137. The predicted molar refractivity (Wildman–Crippen MR) is 103 cm³/mol. The number of benzene rings is 1. The van der Waals surface area contributed by atoms with E-state index >= 15 is 0 Å². The molecule has 0 spiro atoms. The van der Waals surface area contributed by atoms with Gasteiger partial charge in [-0.25, -0.2) is 4.79 Å². The van der Waals surface area contributed by atoms with Crippen molar-refractivity contribution < 1.29 is 4.79 Å². The third kappa shape index (κ3) is 4.97. The van der Waals surface area contributed by atoms with Crippen LogP contribution in [0, 0.1) is 6.92 Å². The molecule has 1 aliphatic heterocycles. The van der Waals surface area contributed by atoms with Crippen LogP contribution >= 0.6 is 0 Å². The highest BCUT2D eigenvalue weighted by Gasteiger charge is 2.40. The van der Waals surface area contributed by atoms with Crippen LogP contribution in [-0.4, -0.2) is 34.1 Å². The average Bonchev–Trinajstić information content (AvgIpc) is 3.25. The van der Waals surface area contributed by atoms with Gasteiger partial charge in [-0.1, -0.05) is 29.8 Å². The first-order valence-corrected chi connectivity index (χ1v) is 9.56. The van der Waals surface area contributed by atoms with Crippen molar-refractivity contribution in [3.8, 4) is 0 Å². The molecule has 138 valence electrons. The Labute approximate surface area is 152 Å². The highest BCUT2D eigenvalue weighted by molar-refractivity contribution is 5.75. The number of aryl methyl sites for hydroxylation is 1. The summed E-state index contributed by atoms with van der Waals surface area (Å²) in [7, 11) is 0. The Morgan fingerprint density at radius 2 is 1.84 bits per heavy atom. The summed E-state index contributed by atoms with van der Waals surface area (Å²) in [5.41, 5.74) is 2.55. The number of nitrogens with one attached hydrogen (secondary N) is 2. The van der Waals surface area contributed by atoms with E-state index in [0.717, 1.165) is 25.7 Å². The molecule has 1 aromatic rings. The van der Waals surface area contributed by atoms with Crippen LogP contribution in [0.4, 0.5) is 4.79 Å². The molecule has 0 aromatic heterocycles. The first kappa shape index (κ1) is 18.2. The maximum absolute atomic E-state index is 13.0. The van der Waals surface area contributed by atoms with Crippen molar-refractivity contribution in [3.05, 3.63) is 35.4 Å². The summed E-state index contributed by atoms with van der Waals surface area (Å²) in [6.45, 7) is 11.7. The number of rotatable bonds is 4. The molecule has 2 N–H and O–H groups in total. The van der Waals surface area contributed by atoms with Gasteiger partial charge in [-0.2, -0.15) is 0 Å². The Morgan fingerprint density at radius 1 is 1.20 bits per heavy atom. The van der Waals surface area contributed by atoms with Gasteiger partial charge in [-0.15, -0.1) is 0 Å². The Bertz CT molecular complexity index is 618. The molecule has 0 radical (unpaired) electrons. The lowest BCUT2D eigenvalue weighted by Gasteiger charge is -2.47. The van der Waals surface area contributed by atoms with E-state index in [2.05, 4.69) is 69.5 Å². The van der Waals surface area contributed by atoms with E-state index in [4.69, 9.17) is 0 Å². The highest BCUT2D eigenvalue weighted by Crippen LogP contribution is 2.31. The van der Waals surface area contributed by atoms with Gasteiger partial charge in [0.1, 0.15) is 0 Å². The molecule has 25 heavy (non-hydrogen) atoms. The Balaban J connectivity index is 1.67. The SMILES string of the molecule is Cc1cccc(CN(C(=O)NC2CC(C)(C)NC(C)(C)C2)C2CC2)c1. The maximum Gasteiger partial charge on any atom is 0.318 e. The van der Waals surface area contributed by atoms with Crippen LogP contribution in [0.5, 0.6) is 0 Å². The van der Waals surface area contributed by atoms with Gasteiger partial charge < -0.3 is 15.5 Å². The number of hydrogen-bond donors (Lipinski definition) is 2. The monoisotopic (exact) mass is 343 g/mol. The van der Waals surface area contributed by atoms with Gasteiger partial charge in [-0.3, -0.25) is 0 Å². The van der Waals surface area contributed by atoms with Crippen molar-refractivity contribution in [1.29, 1.82) is 0 Å². The number of piperidine rings is 1. The molecule has 4 heteroatoms. The van der Waals surface area contributed by atoms with Crippen molar-refractivity contribution in [2.75, 3.05) is 0 Å². The average molecular weight is 344 g/mol. The summed E-state index contributed by atoms with van der Waals surface area (Å²) in [6.07, 6.45) is 4.18. The van der Waals surface area contributed by atoms with Crippen molar-refractivity contribution in [1.82, 2.24) is 15.5 Å². The van der Waals surface area contributed by atoms with Crippen LogP contribution in [0.15, 0.2) is 24.3 Å². The molecule has 1 aromatic carbocycles. The molecule has 0 unspecified atom stereocenters. The predicted octanol–water partition coefficient (Wildman–Crippen LogP) is 3.98. The Hall–Kier alpha value is -1.55. The summed E-state index contributed by atoms with van der Waals surface area (Å²) >= 11 is 0. The van der Waals surface area contributed by atoms with E-state index in [1.165, 1.54) is 11.1 Å². The first-order chi connectivity index (χ1) is 11.6. The molecule has 0 atom stereocenters. The number of carbonyl (C=O) groups is 1. The van der Waals surface area contributed by atoms with Crippen LogP contribution in [0.2, 0.25) is 0 Å². The smallest absolute Gasteiger partial charge is 0.318 e. The summed E-state index contributed by atoms with van der Waals surface area (Å²) < 4.78 is 0.